The number of nitrogens with zero attached hydrogens (tertiary/aromatic N) is 1. The average molecular weight is 187 g/mol. The summed E-state index contributed by atoms with van der Waals surface area (Å²) >= 11 is 0. The predicted molar refractivity (Wildman–Crippen MR) is 43.8 cm³/mol. The maximum Gasteiger partial charge on any atom is 0.328 e. The number of likely N-dealkylation sites (tertiary alicyclic amines) is 1. The molecule has 0 spiro atoms. The van der Waals surface area contributed by atoms with E-state index in [1.807, 2.05) is 0 Å². The van der Waals surface area contributed by atoms with Gasteiger partial charge in [0.2, 0.25) is 0 Å². The van der Waals surface area contributed by atoms with Crippen LogP contribution in [0.2, 0.25) is 0 Å². The highest BCUT2D eigenvalue weighted by Gasteiger charge is 2.39. The molecule has 2 unspecified atom stereocenters. The molecule has 1 amide bonds. The van der Waals surface area contributed by atoms with Crippen LogP contribution in [0.15, 0.2) is 0 Å². The van der Waals surface area contributed by atoms with Gasteiger partial charge < -0.3 is 14.7 Å². The van der Waals surface area contributed by atoms with E-state index in [9.17, 15) is 9.59 Å². The number of amides is 1. The zero-order valence-electron chi connectivity index (χ0n) is 7.69. The molecule has 1 heterocycles. The molecule has 0 bridgehead atoms. The summed E-state index contributed by atoms with van der Waals surface area (Å²) in [6.45, 7) is 1.90. The number of hydrogen-bond acceptors (Lipinski definition) is 4. The number of hydrogen-bond donors (Lipinski definition) is 1. The van der Waals surface area contributed by atoms with Crippen molar-refractivity contribution in [2.24, 2.45) is 0 Å². The van der Waals surface area contributed by atoms with Crippen LogP contribution in [0, 0.1) is 0 Å². The second kappa shape index (κ2) is 3.74. The second-order valence-corrected chi connectivity index (χ2v) is 3.04. The van der Waals surface area contributed by atoms with Crippen molar-refractivity contribution >= 4 is 11.9 Å². The van der Waals surface area contributed by atoms with Gasteiger partial charge in [0, 0.05) is 6.54 Å². The van der Waals surface area contributed by atoms with Gasteiger partial charge in [-0.3, -0.25) is 4.79 Å². The van der Waals surface area contributed by atoms with E-state index in [2.05, 4.69) is 4.74 Å². The molecule has 2 atom stereocenters. The Morgan fingerprint density at radius 2 is 2.23 bits per heavy atom. The van der Waals surface area contributed by atoms with E-state index < -0.39 is 24.0 Å². The highest BCUT2D eigenvalue weighted by atomic mass is 16.5. The molecule has 0 aromatic carbocycles. The first-order valence-electron chi connectivity index (χ1n) is 4.14. The van der Waals surface area contributed by atoms with Gasteiger partial charge in [0.15, 0.2) is 0 Å². The Kier molecular flexibility index (Phi) is 2.87. The highest BCUT2D eigenvalue weighted by Crippen LogP contribution is 2.19. The van der Waals surface area contributed by atoms with E-state index in [4.69, 9.17) is 5.11 Å². The molecule has 0 radical (unpaired) electrons. The number of rotatable bonds is 2. The van der Waals surface area contributed by atoms with E-state index in [0.29, 0.717) is 13.0 Å². The molecular formula is C8H13NO4. The average Bonchev–Trinajstić information content (AvgIpc) is 2.01. The number of carbonyl (C=O) groups is 2. The lowest BCUT2D eigenvalue weighted by Gasteiger charge is -2.39. The lowest BCUT2D eigenvalue weighted by Crippen LogP contribution is -2.57. The minimum absolute atomic E-state index is 0.415. The molecule has 0 aromatic rings. The standard InChI is InChI=1S/C8H13NO4/c1-5(10)7(11)9-4-3-6(9)8(12)13-2/h5-6,10H,3-4H2,1-2H3. The zero-order valence-corrected chi connectivity index (χ0v) is 7.69. The number of carbonyl (C=O) groups excluding carboxylic acids is 2. The van der Waals surface area contributed by atoms with Gasteiger partial charge in [-0.05, 0) is 13.3 Å². The summed E-state index contributed by atoms with van der Waals surface area (Å²) in [5, 5.41) is 8.99. The minimum Gasteiger partial charge on any atom is -0.467 e. The Hall–Kier alpha value is -1.10. The van der Waals surface area contributed by atoms with Crippen molar-refractivity contribution in [3.63, 3.8) is 0 Å². The summed E-state index contributed by atoms with van der Waals surface area (Å²) in [6, 6.07) is -0.493. The lowest BCUT2D eigenvalue weighted by atomic mass is 10.0. The fraction of sp³-hybridized carbons (Fsp3) is 0.750. The van der Waals surface area contributed by atoms with Gasteiger partial charge in [0.05, 0.1) is 7.11 Å². The number of ether oxygens (including phenoxy) is 1. The van der Waals surface area contributed by atoms with Gasteiger partial charge in [-0.15, -0.1) is 0 Å². The largest absolute Gasteiger partial charge is 0.467 e. The third kappa shape index (κ3) is 1.80. The Balaban J connectivity index is 2.54. The number of aliphatic hydroxyl groups excluding tert-OH is 1. The summed E-state index contributed by atoms with van der Waals surface area (Å²) in [4.78, 5) is 23.6. The summed E-state index contributed by atoms with van der Waals surface area (Å²) in [6.07, 6.45) is -0.432. The first-order valence-corrected chi connectivity index (χ1v) is 4.14. The van der Waals surface area contributed by atoms with E-state index >= 15 is 0 Å². The van der Waals surface area contributed by atoms with E-state index in [1.54, 1.807) is 0 Å². The van der Waals surface area contributed by atoms with Crippen molar-refractivity contribution in [2.45, 2.75) is 25.5 Å². The third-order valence-corrected chi connectivity index (χ3v) is 2.13. The van der Waals surface area contributed by atoms with Crippen LogP contribution in [0.25, 0.3) is 0 Å². The molecule has 1 aliphatic heterocycles. The molecular weight excluding hydrogens is 174 g/mol. The van der Waals surface area contributed by atoms with Crippen LogP contribution in [0.1, 0.15) is 13.3 Å². The first kappa shape index (κ1) is 9.98. The Bertz CT molecular complexity index is 226. The van der Waals surface area contributed by atoms with E-state index in [1.165, 1.54) is 18.9 Å². The van der Waals surface area contributed by atoms with Crippen LogP contribution < -0.4 is 0 Å². The number of methoxy groups -OCH3 is 1. The summed E-state index contributed by atoms with van der Waals surface area (Å²) in [7, 11) is 1.28. The predicted octanol–water partition coefficient (Wildman–Crippen LogP) is -0.859. The molecule has 1 aliphatic rings. The van der Waals surface area contributed by atoms with E-state index in [-0.39, 0.29) is 0 Å². The fourth-order valence-corrected chi connectivity index (χ4v) is 1.27. The highest BCUT2D eigenvalue weighted by molar-refractivity contribution is 5.88. The molecule has 0 saturated carbocycles. The molecule has 1 saturated heterocycles. The van der Waals surface area contributed by atoms with Crippen molar-refractivity contribution in [1.82, 2.24) is 4.90 Å². The Labute approximate surface area is 76.3 Å². The summed E-state index contributed by atoms with van der Waals surface area (Å²) in [5.74, 6) is -0.832. The van der Waals surface area contributed by atoms with Gasteiger partial charge in [-0.1, -0.05) is 0 Å². The van der Waals surface area contributed by atoms with Crippen LogP contribution in [0.3, 0.4) is 0 Å². The molecule has 5 nitrogen and oxygen atoms in total. The lowest BCUT2D eigenvalue weighted by molar-refractivity contribution is -0.163. The SMILES string of the molecule is COC(=O)C1CCN1C(=O)C(C)O. The third-order valence-electron chi connectivity index (χ3n) is 2.13. The van der Waals surface area contributed by atoms with Gasteiger partial charge in [-0.2, -0.15) is 0 Å². The first-order chi connectivity index (χ1) is 6.07. The van der Waals surface area contributed by atoms with Crippen molar-refractivity contribution in [1.29, 1.82) is 0 Å². The normalized spacial score (nSPS) is 23.3. The van der Waals surface area contributed by atoms with Crippen LogP contribution in [0.5, 0.6) is 0 Å². The molecule has 1 N–H and O–H groups in total. The molecule has 5 heteroatoms. The Morgan fingerprint density at radius 1 is 1.62 bits per heavy atom. The van der Waals surface area contributed by atoms with Crippen molar-refractivity contribution < 1.29 is 19.4 Å². The van der Waals surface area contributed by atoms with Gasteiger partial charge in [0.1, 0.15) is 12.1 Å². The number of aliphatic hydroxyl groups is 1. The van der Waals surface area contributed by atoms with Crippen molar-refractivity contribution in [3.05, 3.63) is 0 Å². The molecule has 13 heavy (non-hydrogen) atoms. The van der Waals surface area contributed by atoms with Crippen LogP contribution in [-0.2, 0) is 14.3 Å². The maximum absolute atomic E-state index is 11.2. The van der Waals surface area contributed by atoms with Gasteiger partial charge >= 0.3 is 5.97 Å². The van der Waals surface area contributed by atoms with Crippen LogP contribution >= 0.6 is 0 Å². The van der Waals surface area contributed by atoms with Crippen LogP contribution in [0.4, 0.5) is 0 Å². The number of esters is 1. The molecule has 74 valence electrons. The monoisotopic (exact) mass is 187 g/mol. The molecule has 0 aliphatic carbocycles. The molecule has 1 rings (SSSR count). The summed E-state index contributed by atoms with van der Waals surface area (Å²) < 4.78 is 4.50. The summed E-state index contributed by atoms with van der Waals surface area (Å²) in [5.41, 5.74) is 0. The molecule has 1 fully saturated rings. The van der Waals surface area contributed by atoms with E-state index in [0.717, 1.165) is 0 Å². The minimum atomic E-state index is -1.05. The zero-order chi connectivity index (χ0) is 10.0. The van der Waals surface area contributed by atoms with Gasteiger partial charge in [0.25, 0.3) is 5.91 Å². The Morgan fingerprint density at radius 3 is 2.54 bits per heavy atom. The second-order valence-electron chi connectivity index (χ2n) is 3.04. The fourth-order valence-electron chi connectivity index (χ4n) is 1.27. The molecule has 0 aromatic heterocycles. The topological polar surface area (TPSA) is 66.8 Å². The smallest absolute Gasteiger partial charge is 0.328 e. The van der Waals surface area contributed by atoms with Crippen LogP contribution in [-0.4, -0.2) is 47.7 Å². The van der Waals surface area contributed by atoms with Gasteiger partial charge in [-0.25, -0.2) is 4.79 Å². The van der Waals surface area contributed by atoms with Crippen molar-refractivity contribution in [2.75, 3.05) is 13.7 Å². The quantitative estimate of drug-likeness (QED) is 0.571. The van der Waals surface area contributed by atoms with Crippen molar-refractivity contribution in [3.8, 4) is 0 Å². The maximum atomic E-state index is 11.2.